The van der Waals surface area contributed by atoms with E-state index in [-0.39, 0.29) is 24.0 Å². The maximum atomic E-state index is 11.8. The Morgan fingerprint density at radius 2 is 1.69 bits per heavy atom. The summed E-state index contributed by atoms with van der Waals surface area (Å²) in [5.74, 6) is 0.663. The molecular formula is C23H30IN5O2S. The maximum Gasteiger partial charge on any atom is 0.191 e. The quantitative estimate of drug-likeness (QED) is 0.270. The molecule has 32 heavy (non-hydrogen) atoms. The zero-order chi connectivity index (χ0) is 22.6. The predicted octanol–water partition coefficient (Wildman–Crippen LogP) is 3.68. The Labute approximate surface area is 207 Å². The van der Waals surface area contributed by atoms with Crippen LogP contribution in [-0.2, 0) is 22.9 Å². The number of nitrogens with zero attached hydrogens (tertiary/aromatic N) is 3. The minimum Gasteiger partial charge on any atom is -0.352 e. The molecule has 0 atom stereocenters. The lowest BCUT2D eigenvalue weighted by molar-refractivity contribution is 0.601. The van der Waals surface area contributed by atoms with Gasteiger partial charge < -0.3 is 10.6 Å². The number of hydrogen-bond acceptors (Lipinski definition) is 4. The summed E-state index contributed by atoms with van der Waals surface area (Å²) in [6.07, 6.45) is 1.23. The van der Waals surface area contributed by atoms with E-state index in [4.69, 9.17) is 0 Å². The molecule has 0 unspecified atom stereocenters. The smallest absolute Gasteiger partial charge is 0.191 e. The molecule has 2 N–H and O–H groups in total. The van der Waals surface area contributed by atoms with Crippen LogP contribution in [0.5, 0.6) is 0 Å². The van der Waals surface area contributed by atoms with Gasteiger partial charge in [0, 0.05) is 37.7 Å². The molecule has 0 saturated heterocycles. The molecule has 0 radical (unpaired) electrons. The molecule has 0 bridgehead atoms. The van der Waals surface area contributed by atoms with Gasteiger partial charge in [-0.2, -0.15) is 5.10 Å². The summed E-state index contributed by atoms with van der Waals surface area (Å²) in [4.78, 5) is 4.65. The van der Waals surface area contributed by atoms with Crippen LogP contribution in [-0.4, -0.2) is 37.5 Å². The highest BCUT2D eigenvalue weighted by atomic mass is 127. The zero-order valence-corrected chi connectivity index (χ0v) is 22.2. The number of hydrogen-bond donors (Lipinski definition) is 2. The lowest BCUT2D eigenvalue weighted by Crippen LogP contribution is -2.36. The summed E-state index contributed by atoms with van der Waals surface area (Å²) in [7, 11) is -1.49. The van der Waals surface area contributed by atoms with Crippen LogP contribution in [0.4, 0.5) is 0 Å². The van der Waals surface area contributed by atoms with E-state index < -0.39 is 9.84 Å². The molecule has 2 aromatic carbocycles. The van der Waals surface area contributed by atoms with E-state index in [0.29, 0.717) is 23.9 Å². The van der Waals surface area contributed by atoms with Crippen molar-refractivity contribution in [3.05, 3.63) is 76.6 Å². The molecule has 0 saturated carbocycles. The zero-order valence-electron chi connectivity index (χ0n) is 19.0. The van der Waals surface area contributed by atoms with Crippen LogP contribution < -0.4 is 10.6 Å². The maximum absolute atomic E-state index is 11.8. The van der Waals surface area contributed by atoms with Crippen LogP contribution in [0.15, 0.2) is 58.4 Å². The second kappa shape index (κ2) is 11.0. The number of halogens is 1. The number of sulfone groups is 1. The Morgan fingerprint density at radius 1 is 1.03 bits per heavy atom. The average Bonchev–Trinajstić information content (AvgIpc) is 3.01. The first-order valence-electron chi connectivity index (χ1n) is 10.1. The van der Waals surface area contributed by atoms with Crippen LogP contribution in [0.1, 0.15) is 28.1 Å². The Morgan fingerprint density at radius 3 is 2.28 bits per heavy atom. The standard InChI is InChI=1S/C23H29N5O2S.HI/c1-16-13-19(11-12-22(16)31(5,29)30)14-25-23(24-4)26-15-21-17(2)27-28(18(21)3)20-9-7-6-8-10-20;/h6-13H,14-15H2,1-5H3,(H2,24,25,26);1H. The van der Waals surface area contributed by atoms with Crippen LogP contribution in [0.2, 0.25) is 0 Å². The van der Waals surface area contributed by atoms with Gasteiger partial charge in [-0.3, -0.25) is 4.99 Å². The van der Waals surface area contributed by atoms with Crippen LogP contribution in [0.3, 0.4) is 0 Å². The number of aromatic nitrogens is 2. The average molecular weight is 567 g/mol. The summed E-state index contributed by atoms with van der Waals surface area (Å²) in [6.45, 7) is 7.00. The molecule has 0 aliphatic heterocycles. The van der Waals surface area contributed by atoms with Crippen molar-refractivity contribution in [2.24, 2.45) is 4.99 Å². The molecule has 0 aliphatic carbocycles. The highest BCUT2D eigenvalue weighted by Gasteiger charge is 2.14. The van der Waals surface area contributed by atoms with Crippen LogP contribution >= 0.6 is 24.0 Å². The summed E-state index contributed by atoms with van der Waals surface area (Å²) in [6, 6.07) is 15.4. The fourth-order valence-corrected chi connectivity index (χ4v) is 4.53. The minimum atomic E-state index is -3.22. The van der Waals surface area contributed by atoms with Crippen molar-refractivity contribution in [2.75, 3.05) is 13.3 Å². The number of rotatable bonds is 6. The van der Waals surface area contributed by atoms with Crippen molar-refractivity contribution in [1.29, 1.82) is 0 Å². The van der Waals surface area contributed by atoms with E-state index in [0.717, 1.165) is 33.8 Å². The first-order chi connectivity index (χ1) is 14.7. The molecule has 0 aliphatic rings. The molecule has 0 spiro atoms. The third kappa shape index (κ3) is 6.10. The molecule has 1 heterocycles. The van der Waals surface area contributed by atoms with Gasteiger partial charge in [0.2, 0.25) is 0 Å². The number of para-hydroxylation sites is 1. The summed E-state index contributed by atoms with van der Waals surface area (Å²) >= 11 is 0. The molecule has 172 valence electrons. The Bertz CT molecular complexity index is 1200. The summed E-state index contributed by atoms with van der Waals surface area (Å²) < 4.78 is 25.5. The van der Waals surface area contributed by atoms with Gasteiger partial charge in [-0.05, 0) is 50.1 Å². The van der Waals surface area contributed by atoms with E-state index in [9.17, 15) is 8.42 Å². The summed E-state index contributed by atoms with van der Waals surface area (Å²) in [5, 5.41) is 11.3. The van der Waals surface area contributed by atoms with Gasteiger partial charge in [0.15, 0.2) is 15.8 Å². The first-order valence-corrected chi connectivity index (χ1v) is 11.9. The molecule has 0 fully saturated rings. The van der Waals surface area contributed by atoms with Gasteiger partial charge in [-0.25, -0.2) is 13.1 Å². The first kappa shape index (κ1) is 25.9. The molecule has 3 aromatic rings. The number of benzene rings is 2. The fraction of sp³-hybridized carbons (Fsp3) is 0.304. The van der Waals surface area contributed by atoms with E-state index in [1.54, 1.807) is 13.1 Å². The molecule has 9 heteroatoms. The van der Waals surface area contributed by atoms with Crippen molar-refractivity contribution in [3.63, 3.8) is 0 Å². The number of nitrogens with one attached hydrogen (secondary N) is 2. The Balaban J connectivity index is 0.00000363. The van der Waals surface area contributed by atoms with Gasteiger partial charge in [0.25, 0.3) is 0 Å². The number of aryl methyl sites for hydroxylation is 2. The van der Waals surface area contributed by atoms with Gasteiger partial charge in [0.1, 0.15) is 0 Å². The Kier molecular flexibility index (Phi) is 8.85. The number of guanidine groups is 1. The van der Waals surface area contributed by atoms with Crippen molar-refractivity contribution in [3.8, 4) is 5.69 Å². The van der Waals surface area contributed by atoms with E-state index >= 15 is 0 Å². The molecule has 3 rings (SSSR count). The van der Waals surface area contributed by atoms with Gasteiger partial charge in [-0.1, -0.05) is 30.3 Å². The lowest BCUT2D eigenvalue weighted by atomic mass is 10.1. The fourth-order valence-electron chi connectivity index (χ4n) is 3.57. The minimum absolute atomic E-state index is 0. The molecular weight excluding hydrogens is 537 g/mol. The normalized spacial score (nSPS) is 11.7. The molecule has 0 amide bonds. The molecule has 1 aromatic heterocycles. The topological polar surface area (TPSA) is 88.4 Å². The van der Waals surface area contributed by atoms with E-state index in [1.807, 2.05) is 61.0 Å². The van der Waals surface area contributed by atoms with Gasteiger partial charge in [-0.15, -0.1) is 24.0 Å². The largest absolute Gasteiger partial charge is 0.352 e. The van der Waals surface area contributed by atoms with Crippen molar-refractivity contribution < 1.29 is 8.42 Å². The molecule has 7 nitrogen and oxygen atoms in total. The second-order valence-corrected chi connectivity index (χ2v) is 9.53. The van der Waals surface area contributed by atoms with Gasteiger partial charge >= 0.3 is 0 Å². The highest BCUT2D eigenvalue weighted by Crippen LogP contribution is 2.18. The van der Waals surface area contributed by atoms with E-state index in [2.05, 4.69) is 27.6 Å². The second-order valence-electron chi connectivity index (χ2n) is 7.55. The Hall–Kier alpha value is -2.40. The van der Waals surface area contributed by atoms with E-state index in [1.165, 1.54) is 6.26 Å². The van der Waals surface area contributed by atoms with Crippen LogP contribution in [0, 0.1) is 20.8 Å². The van der Waals surface area contributed by atoms with Crippen molar-refractivity contribution >= 4 is 39.8 Å². The third-order valence-electron chi connectivity index (χ3n) is 5.20. The monoisotopic (exact) mass is 567 g/mol. The summed E-state index contributed by atoms with van der Waals surface area (Å²) in [5.41, 5.74) is 5.93. The van der Waals surface area contributed by atoms with Gasteiger partial charge in [0.05, 0.1) is 16.3 Å². The SMILES string of the molecule is CN=C(NCc1ccc(S(C)(=O)=O)c(C)c1)NCc1c(C)nn(-c2ccccc2)c1C.I. The number of aliphatic imine (C=N–C) groups is 1. The van der Waals surface area contributed by atoms with Crippen LogP contribution in [0.25, 0.3) is 5.69 Å². The van der Waals surface area contributed by atoms with Crippen molar-refractivity contribution in [1.82, 2.24) is 20.4 Å². The highest BCUT2D eigenvalue weighted by molar-refractivity contribution is 14.0. The lowest BCUT2D eigenvalue weighted by Gasteiger charge is -2.13. The predicted molar refractivity (Wildman–Crippen MR) is 140 cm³/mol. The van der Waals surface area contributed by atoms with Crippen molar-refractivity contribution in [2.45, 2.75) is 38.8 Å². The third-order valence-corrected chi connectivity index (χ3v) is 6.45.